The lowest BCUT2D eigenvalue weighted by atomic mass is 10.1. The maximum absolute atomic E-state index is 12.9. The Balaban J connectivity index is 1.67. The van der Waals surface area contributed by atoms with E-state index >= 15 is 0 Å². The van der Waals surface area contributed by atoms with Crippen LogP contribution in [0.4, 0.5) is 13.2 Å². The fourth-order valence-electron chi connectivity index (χ4n) is 3.42. The van der Waals surface area contributed by atoms with Crippen molar-refractivity contribution in [3.63, 3.8) is 0 Å². The maximum atomic E-state index is 12.9. The molecule has 0 aliphatic heterocycles. The van der Waals surface area contributed by atoms with Crippen molar-refractivity contribution in [2.24, 2.45) is 0 Å². The Kier molecular flexibility index (Phi) is 5.13. The zero-order valence-electron chi connectivity index (χ0n) is 14.5. The normalized spacial score (nSPS) is 16.2. The van der Waals surface area contributed by atoms with Gasteiger partial charge in [0.1, 0.15) is 22.6 Å². The summed E-state index contributed by atoms with van der Waals surface area (Å²) in [6, 6.07) is 3.84. The van der Waals surface area contributed by atoms with Crippen LogP contribution in [0, 0.1) is 0 Å². The molecule has 0 fully saturated rings. The SMILES string of the molecule is O=C(O)Cc1csc2c(Cl)c(O[C@H]3CCc4nc(C(F)(F)F)ccc43)cc(Cl)c12. The van der Waals surface area contributed by atoms with Crippen molar-refractivity contribution in [2.45, 2.75) is 31.5 Å². The summed E-state index contributed by atoms with van der Waals surface area (Å²) in [4.78, 5) is 14.8. The Bertz CT molecular complexity index is 1130. The number of benzene rings is 1. The zero-order valence-corrected chi connectivity index (χ0v) is 16.8. The first-order valence-electron chi connectivity index (χ1n) is 8.48. The van der Waals surface area contributed by atoms with Crippen molar-refractivity contribution in [3.05, 3.63) is 56.1 Å². The number of rotatable bonds is 4. The quantitative estimate of drug-likeness (QED) is 0.494. The highest BCUT2D eigenvalue weighted by Gasteiger charge is 2.35. The number of hydrogen-bond acceptors (Lipinski definition) is 4. The minimum atomic E-state index is -4.50. The largest absolute Gasteiger partial charge is 0.484 e. The maximum Gasteiger partial charge on any atom is 0.433 e. The Hall–Kier alpha value is -2.03. The molecule has 3 aromatic rings. The minimum Gasteiger partial charge on any atom is -0.484 e. The molecule has 0 spiro atoms. The summed E-state index contributed by atoms with van der Waals surface area (Å²) in [7, 11) is 0. The number of aryl methyl sites for hydroxylation is 1. The summed E-state index contributed by atoms with van der Waals surface area (Å²) >= 11 is 14.1. The van der Waals surface area contributed by atoms with Gasteiger partial charge in [-0.1, -0.05) is 29.3 Å². The highest BCUT2D eigenvalue weighted by molar-refractivity contribution is 7.18. The first-order valence-corrected chi connectivity index (χ1v) is 10.1. The van der Waals surface area contributed by atoms with Crippen LogP contribution < -0.4 is 4.74 Å². The predicted molar refractivity (Wildman–Crippen MR) is 104 cm³/mol. The second kappa shape index (κ2) is 7.34. The third kappa shape index (κ3) is 3.76. The number of aliphatic carboxylic acids is 1. The van der Waals surface area contributed by atoms with Crippen LogP contribution in [0.1, 0.15) is 35.0 Å². The van der Waals surface area contributed by atoms with Crippen LogP contribution in [0.5, 0.6) is 5.75 Å². The number of aromatic nitrogens is 1. The van der Waals surface area contributed by atoms with Crippen LogP contribution in [0.3, 0.4) is 0 Å². The van der Waals surface area contributed by atoms with Gasteiger partial charge in [-0.3, -0.25) is 4.79 Å². The van der Waals surface area contributed by atoms with Crippen LogP contribution in [-0.4, -0.2) is 16.1 Å². The first kappa shape index (κ1) is 20.3. The number of carboxylic acids is 1. The van der Waals surface area contributed by atoms with Crippen LogP contribution in [-0.2, 0) is 23.8 Å². The molecule has 1 aliphatic carbocycles. The molecular weight excluding hydrogens is 450 g/mol. The van der Waals surface area contributed by atoms with E-state index in [9.17, 15) is 18.0 Å². The first-order chi connectivity index (χ1) is 13.6. The lowest BCUT2D eigenvalue weighted by Crippen LogP contribution is -2.10. The van der Waals surface area contributed by atoms with Crippen LogP contribution in [0.2, 0.25) is 10.0 Å². The third-order valence-corrected chi connectivity index (χ3v) is 6.51. The van der Waals surface area contributed by atoms with Gasteiger partial charge < -0.3 is 9.84 Å². The standard InChI is InChI=1S/C19H12Cl2F3NO3S/c20-10-6-13(17(21)18-16(10)8(7-29-18)5-15(26)27)28-12-3-2-11-9(12)1-4-14(25-11)19(22,23)24/h1,4,6-7,12H,2-3,5H2,(H,26,27)/t12-/m0/s1. The van der Waals surface area contributed by atoms with Crippen molar-refractivity contribution >= 4 is 50.6 Å². The van der Waals surface area contributed by atoms with Gasteiger partial charge in [0.25, 0.3) is 0 Å². The Morgan fingerprint density at radius 2 is 2.10 bits per heavy atom. The third-order valence-electron chi connectivity index (χ3n) is 4.68. The van der Waals surface area contributed by atoms with Gasteiger partial charge in [0, 0.05) is 22.7 Å². The predicted octanol–water partition coefficient (Wildman–Crippen LogP) is 6.32. The van der Waals surface area contributed by atoms with Crippen LogP contribution >= 0.6 is 34.5 Å². The highest BCUT2D eigenvalue weighted by Crippen LogP contribution is 2.45. The molecule has 2 aromatic heterocycles. The molecule has 0 bridgehead atoms. The van der Waals surface area contributed by atoms with Gasteiger partial charge in [-0.05, 0) is 29.9 Å². The molecule has 0 radical (unpaired) electrons. The summed E-state index contributed by atoms with van der Waals surface area (Å²) in [5.74, 6) is -0.684. The van der Waals surface area contributed by atoms with E-state index in [1.807, 2.05) is 0 Å². The topological polar surface area (TPSA) is 59.4 Å². The number of hydrogen-bond donors (Lipinski definition) is 1. The van der Waals surface area contributed by atoms with Crippen molar-refractivity contribution in [3.8, 4) is 5.75 Å². The lowest BCUT2D eigenvalue weighted by Gasteiger charge is -2.17. The van der Waals surface area contributed by atoms with Gasteiger partial charge in [-0.15, -0.1) is 11.3 Å². The molecule has 1 aromatic carbocycles. The second-order valence-corrected chi connectivity index (χ2v) is 8.25. The molecule has 152 valence electrons. The fourth-order valence-corrected chi connectivity index (χ4v) is 5.14. The number of fused-ring (bicyclic) bond motifs is 2. The van der Waals surface area contributed by atoms with Gasteiger partial charge in [-0.25, -0.2) is 4.98 Å². The van der Waals surface area contributed by atoms with E-state index in [4.69, 9.17) is 33.0 Å². The van der Waals surface area contributed by atoms with E-state index in [1.165, 1.54) is 23.5 Å². The second-order valence-electron chi connectivity index (χ2n) is 6.58. The molecule has 1 aliphatic rings. The molecule has 10 heteroatoms. The summed E-state index contributed by atoms with van der Waals surface area (Å²) in [6.45, 7) is 0. The highest BCUT2D eigenvalue weighted by atomic mass is 35.5. The average molecular weight is 462 g/mol. The van der Waals surface area contributed by atoms with Gasteiger partial charge in [-0.2, -0.15) is 13.2 Å². The number of alkyl halides is 3. The molecule has 0 saturated heterocycles. The van der Waals surface area contributed by atoms with Crippen molar-refractivity contribution < 1.29 is 27.8 Å². The van der Waals surface area contributed by atoms with E-state index in [1.54, 1.807) is 5.38 Å². The molecule has 0 amide bonds. The molecular formula is C19H12Cl2F3NO3S. The summed E-state index contributed by atoms with van der Waals surface area (Å²) in [5, 5.41) is 11.9. The van der Waals surface area contributed by atoms with Crippen LogP contribution in [0.15, 0.2) is 23.6 Å². The molecule has 0 unspecified atom stereocenters. The summed E-state index contributed by atoms with van der Waals surface area (Å²) in [5.41, 5.74) is 0.575. The monoisotopic (exact) mass is 461 g/mol. The molecule has 4 nitrogen and oxygen atoms in total. The van der Waals surface area contributed by atoms with Crippen molar-refractivity contribution in [1.29, 1.82) is 0 Å². The minimum absolute atomic E-state index is 0.181. The van der Waals surface area contributed by atoms with Crippen molar-refractivity contribution in [2.75, 3.05) is 0 Å². The lowest BCUT2D eigenvalue weighted by molar-refractivity contribution is -0.141. The number of pyridine rings is 1. The number of ether oxygens (including phenoxy) is 1. The van der Waals surface area contributed by atoms with Gasteiger partial charge in [0.2, 0.25) is 0 Å². The summed E-state index contributed by atoms with van der Waals surface area (Å²) in [6.07, 6.45) is -4.35. The van der Waals surface area contributed by atoms with Gasteiger partial charge in [0.15, 0.2) is 0 Å². The Morgan fingerprint density at radius 3 is 2.79 bits per heavy atom. The zero-order chi connectivity index (χ0) is 20.9. The number of carboxylic acid groups (broad SMARTS) is 1. The molecule has 4 rings (SSSR count). The number of carbonyl (C=O) groups is 1. The van der Waals surface area contributed by atoms with E-state index in [-0.39, 0.29) is 6.42 Å². The van der Waals surface area contributed by atoms with Gasteiger partial charge >= 0.3 is 12.1 Å². The summed E-state index contributed by atoms with van der Waals surface area (Å²) < 4.78 is 45.2. The number of halogens is 5. The Morgan fingerprint density at radius 1 is 1.34 bits per heavy atom. The molecule has 29 heavy (non-hydrogen) atoms. The van der Waals surface area contributed by atoms with Crippen molar-refractivity contribution in [1.82, 2.24) is 4.98 Å². The van der Waals surface area contributed by atoms with E-state index in [2.05, 4.69) is 4.98 Å². The molecule has 0 saturated carbocycles. The number of thiophene rings is 1. The van der Waals surface area contributed by atoms with E-state index < -0.39 is 23.9 Å². The van der Waals surface area contributed by atoms with E-state index in [0.29, 0.717) is 55.5 Å². The number of nitrogens with zero attached hydrogens (tertiary/aromatic N) is 1. The Labute approximate surface area is 176 Å². The van der Waals surface area contributed by atoms with Crippen LogP contribution in [0.25, 0.3) is 10.1 Å². The smallest absolute Gasteiger partial charge is 0.433 e. The fraction of sp³-hybridized carbons (Fsp3) is 0.263. The molecule has 2 heterocycles. The molecule has 1 atom stereocenters. The average Bonchev–Trinajstić information content (AvgIpc) is 3.22. The molecule has 1 N–H and O–H groups in total. The van der Waals surface area contributed by atoms with Gasteiger partial charge in [0.05, 0.1) is 16.1 Å². The van der Waals surface area contributed by atoms with E-state index in [0.717, 1.165) is 6.07 Å².